The number of nitrogens with zero attached hydrogens (tertiary/aromatic N) is 1. The highest BCUT2D eigenvalue weighted by Gasteiger charge is 2.44. The van der Waals surface area contributed by atoms with Crippen LogP contribution in [0.4, 0.5) is 0 Å². The summed E-state index contributed by atoms with van der Waals surface area (Å²) in [6, 6.07) is 25.6. The number of thiocarbonyl (C=S) groups is 1. The lowest BCUT2D eigenvalue weighted by atomic mass is 9.76. The molecular formula is C23H19NS2. The lowest BCUT2D eigenvalue weighted by Crippen LogP contribution is -2.22. The van der Waals surface area contributed by atoms with Crippen LogP contribution < -0.4 is 0 Å². The molecule has 0 radical (unpaired) electrons. The molecule has 3 aromatic carbocycles. The number of hydrogen-bond acceptors (Lipinski definition) is 3. The standard InChI is InChI=1S/C23H19NS2/c1-23(2,14-24)20-17-12-6-10-15-11-7-13-18(19(15)17)21(20)26-22(25)16-8-4-3-5-9-16/h3-13,20-21H,1-2H3/t20-,21-/m0/s1. The van der Waals surface area contributed by atoms with Gasteiger partial charge in [-0.25, -0.2) is 0 Å². The molecule has 0 saturated heterocycles. The summed E-state index contributed by atoms with van der Waals surface area (Å²) in [5.74, 6) is 0.111. The van der Waals surface area contributed by atoms with Crippen LogP contribution >= 0.6 is 24.0 Å². The van der Waals surface area contributed by atoms with Crippen molar-refractivity contribution in [3.8, 4) is 6.07 Å². The minimum absolute atomic E-state index is 0.111. The van der Waals surface area contributed by atoms with Crippen molar-refractivity contribution in [3.63, 3.8) is 0 Å². The van der Waals surface area contributed by atoms with Crippen LogP contribution in [0.5, 0.6) is 0 Å². The van der Waals surface area contributed by atoms with Crippen molar-refractivity contribution in [1.29, 1.82) is 5.26 Å². The zero-order valence-corrected chi connectivity index (χ0v) is 16.4. The van der Waals surface area contributed by atoms with Gasteiger partial charge in [0.15, 0.2) is 0 Å². The van der Waals surface area contributed by atoms with Crippen LogP contribution in [0.3, 0.4) is 0 Å². The average molecular weight is 374 g/mol. The first-order valence-corrected chi connectivity index (χ1v) is 10.0. The Balaban J connectivity index is 1.84. The van der Waals surface area contributed by atoms with Crippen LogP contribution in [0.25, 0.3) is 10.8 Å². The summed E-state index contributed by atoms with van der Waals surface area (Å²) in [6.07, 6.45) is 0. The Labute approximate surface area is 164 Å². The predicted molar refractivity (Wildman–Crippen MR) is 115 cm³/mol. The van der Waals surface area contributed by atoms with Gasteiger partial charge >= 0.3 is 0 Å². The van der Waals surface area contributed by atoms with Gasteiger partial charge in [-0.05, 0) is 41.3 Å². The number of hydrogen-bond donors (Lipinski definition) is 0. The predicted octanol–water partition coefficient (Wildman–Crippen LogP) is 6.64. The molecule has 1 aliphatic rings. The van der Waals surface area contributed by atoms with E-state index in [-0.39, 0.29) is 11.2 Å². The monoisotopic (exact) mass is 373 g/mol. The Morgan fingerprint density at radius 3 is 2.27 bits per heavy atom. The maximum atomic E-state index is 9.87. The summed E-state index contributed by atoms with van der Waals surface area (Å²) >= 11 is 7.49. The van der Waals surface area contributed by atoms with Gasteiger partial charge < -0.3 is 0 Å². The molecule has 3 aromatic rings. The smallest absolute Gasteiger partial charge is 0.0784 e. The molecule has 0 spiro atoms. The third kappa shape index (κ3) is 2.74. The van der Waals surface area contributed by atoms with Crippen LogP contribution in [0.2, 0.25) is 0 Å². The molecular weight excluding hydrogens is 354 g/mol. The van der Waals surface area contributed by atoms with Crippen molar-refractivity contribution in [2.24, 2.45) is 5.41 Å². The van der Waals surface area contributed by atoms with Crippen LogP contribution in [-0.2, 0) is 0 Å². The lowest BCUT2D eigenvalue weighted by molar-refractivity contribution is 0.387. The molecule has 0 aromatic heterocycles. The number of benzene rings is 3. The molecule has 0 fully saturated rings. The molecule has 3 heteroatoms. The van der Waals surface area contributed by atoms with Gasteiger partial charge in [0.05, 0.1) is 15.7 Å². The first-order chi connectivity index (χ1) is 12.5. The highest BCUT2D eigenvalue weighted by molar-refractivity contribution is 8.23. The Bertz CT molecular complexity index is 1030. The summed E-state index contributed by atoms with van der Waals surface area (Å²) in [5, 5.41) is 12.6. The van der Waals surface area contributed by atoms with Gasteiger partial charge in [-0.1, -0.05) is 78.9 Å². The second kappa shape index (κ2) is 6.54. The molecule has 26 heavy (non-hydrogen) atoms. The maximum Gasteiger partial charge on any atom is 0.0784 e. The highest BCUT2D eigenvalue weighted by atomic mass is 32.2. The molecule has 0 N–H and O–H groups in total. The molecule has 4 rings (SSSR count). The van der Waals surface area contributed by atoms with Crippen LogP contribution in [0.15, 0.2) is 66.7 Å². The van der Waals surface area contributed by atoms with E-state index in [0.29, 0.717) is 0 Å². The van der Waals surface area contributed by atoms with Crippen molar-refractivity contribution < 1.29 is 0 Å². The fraction of sp³-hybridized carbons (Fsp3) is 0.217. The van der Waals surface area contributed by atoms with Crippen molar-refractivity contribution in [2.75, 3.05) is 0 Å². The molecule has 0 amide bonds. The fourth-order valence-corrected chi connectivity index (χ4v) is 5.86. The van der Waals surface area contributed by atoms with Crippen molar-refractivity contribution in [3.05, 3.63) is 83.4 Å². The van der Waals surface area contributed by atoms with E-state index in [4.69, 9.17) is 12.2 Å². The Morgan fingerprint density at radius 1 is 0.962 bits per heavy atom. The van der Waals surface area contributed by atoms with E-state index in [2.05, 4.69) is 54.6 Å². The van der Waals surface area contributed by atoms with E-state index in [1.54, 1.807) is 11.8 Å². The molecule has 0 bridgehead atoms. The zero-order valence-electron chi connectivity index (χ0n) is 14.8. The van der Waals surface area contributed by atoms with Gasteiger partial charge in [0, 0.05) is 11.2 Å². The largest absolute Gasteiger partial charge is 0.198 e. The van der Waals surface area contributed by atoms with Crippen LogP contribution in [-0.4, -0.2) is 4.20 Å². The third-order valence-electron chi connectivity index (χ3n) is 5.22. The molecule has 1 aliphatic carbocycles. The molecule has 0 aliphatic heterocycles. The first kappa shape index (κ1) is 17.3. The van der Waals surface area contributed by atoms with E-state index in [9.17, 15) is 5.26 Å². The molecule has 0 heterocycles. The van der Waals surface area contributed by atoms with Gasteiger partial charge in [0.1, 0.15) is 0 Å². The summed E-state index contributed by atoms with van der Waals surface area (Å²) in [6.45, 7) is 4.09. The van der Waals surface area contributed by atoms with E-state index in [1.807, 2.05) is 32.0 Å². The summed E-state index contributed by atoms with van der Waals surface area (Å²) in [7, 11) is 0. The number of rotatable bonds is 3. The molecule has 0 unspecified atom stereocenters. The van der Waals surface area contributed by atoms with Crippen LogP contribution in [0, 0.1) is 16.7 Å². The summed E-state index contributed by atoms with van der Waals surface area (Å²) < 4.78 is 0.888. The van der Waals surface area contributed by atoms with Gasteiger partial charge in [0.2, 0.25) is 0 Å². The number of thioether (sulfide) groups is 1. The summed E-state index contributed by atoms with van der Waals surface area (Å²) in [5.41, 5.74) is 3.17. The van der Waals surface area contributed by atoms with Gasteiger partial charge in [-0.3, -0.25) is 0 Å². The minimum Gasteiger partial charge on any atom is -0.198 e. The zero-order chi connectivity index (χ0) is 18.3. The average Bonchev–Trinajstić information content (AvgIpc) is 2.99. The Hall–Kier alpha value is -2.15. The second-order valence-corrected chi connectivity index (χ2v) is 9.11. The van der Waals surface area contributed by atoms with Gasteiger partial charge in [-0.15, -0.1) is 11.8 Å². The molecule has 1 nitrogen and oxygen atoms in total. The normalized spacial score (nSPS) is 18.7. The Kier molecular flexibility index (Phi) is 4.34. The Morgan fingerprint density at radius 2 is 1.62 bits per heavy atom. The van der Waals surface area contributed by atoms with E-state index in [1.165, 1.54) is 21.9 Å². The molecule has 0 saturated carbocycles. The second-order valence-electron chi connectivity index (χ2n) is 7.30. The van der Waals surface area contributed by atoms with Crippen molar-refractivity contribution >= 4 is 38.9 Å². The molecule has 2 atom stereocenters. The van der Waals surface area contributed by atoms with Crippen LogP contribution in [0.1, 0.15) is 41.7 Å². The van der Waals surface area contributed by atoms with E-state index in [0.717, 1.165) is 9.76 Å². The van der Waals surface area contributed by atoms with E-state index >= 15 is 0 Å². The number of nitriles is 1. The van der Waals surface area contributed by atoms with Gasteiger partial charge in [0.25, 0.3) is 0 Å². The maximum absolute atomic E-state index is 9.87. The highest BCUT2D eigenvalue weighted by Crippen LogP contribution is 2.58. The first-order valence-electron chi connectivity index (χ1n) is 8.72. The fourth-order valence-electron chi connectivity index (χ4n) is 3.96. The minimum atomic E-state index is -0.475. The van der Waals surface area contributed by atoms with Crippen molar-refractivity contribution in [1.82, 2.24) is 0 Å². The van der Waals surface area contributed by atoms with Gasteiger partial charge in [-0.2, -0.15) is 5.26 Å². The topological polar surface area (TPSA) is 23.8 Å². The molecule has 128 valence electrons. The van der Waals surface area contributed by atoms with Crippen molar-refractivity contribution in [2.45, 2.75) is 25.0 Å². The lowest BCUT2D eigenvalue weighted by Gasteiger charge is -2.31. The SMILES string of the molecule is CC(C)(C#N)[C@H]1c2cccc3cccc(c23)[C@@H]1SC(=S)c1ccccc1. The quantitative estimate of drug-likeness (QED) is 0.481. The summed E-state index contributed by atoms with van der Waals surface area (Å²) in [4.78, 5) is 0. The third-order valence-corrected chi connectivity index (χ3v) is 6.98. The van der Waals surface area contributed by atoms with E-state index < -0.39 is 5.41 Å².